The number of hydrogen-bond acceptors (Lipinski definition) is 1. The van der Waals surface area contributed by atoms with Gasteiger partial charge in [-0.2, -0.15) is 0 Å². The Hall–Kier alpha value is -2.55. The zero-order valence-corrected chi connectivity index (χ0v) is 16.1. The maximum Gasteiger partial charge on any atom is 0.138 e. The minimum Gasteiger partial charge on any atom is -0.337 e. The maximum absolute atomic E-state index is 6.21. The van der Waals surface area contributed by atoms with Crippen LogP contribution < -0.4 is 0 Å². The average molecular weight is 393 g/mol. The SMILES string of the molecule is ClCc1ccccc1-c1nc(-c2ccccc2)[nH]c1-c1ccccc1CCl. The Morgan fingerprint density at radius 1 is 0.667 bits per heavy atom. The molecule has 0 aliphatic heterocycles. The predicted octanol–water partition coefficient (Wildman–Crippen LogP) is 6.89. The van der Waals surface area contributed by atoms with Gasteiger partial charge < -0.3 is 4.98 Å². The van der Waals surface area contributed by atoms with Crippen LogP contribution in [0.2, 0.25) is 0 Å². The largest absolute Gasteiger partial charge is 0.337 e. The molecule has 2 nitrogen and oxygen atoms in total. The molecule has 0 atom stereocenters. The van der Waals surface area contributed by atoms with Gasteiger partial charge in [0.15, 0.2) is 0 Å². The standard InChI is InChI=1S/C23H18Cl2N2/c24-14-17-10-4-6-12-19(17)21-22(20-13-7-5-11-18(20)15-25)27-23(26-21)16-8-2-1-3-9-16/h1-13H,14-15H2,(H,26,27). The van der Waals surface area contributed by atoms with E-state index in [0.29, 0.717) is 11.8 Å². The molecule has 0 saturated heterocycles. The number of alkyl halides is 2. The Labute approximate surface area is 168 Å². The molecule has 4 aromatic rings. The molecule has 0 spiro atoms. The number of benzene rings is 3. The second kappa shape index (κ2) is 7.99. The first-order chi connectivity index (χ1) is 13.3. The van der Waals surface area contributed by atoms with E-state index in [1.54, 1.807) is 0 Å². The Morgan fingerprint density at radius 3 is 1.89 bits per heavy atom. The number of H-pyrrole nitrogens is 1. The zero-order chi connectivity index (χ0) is 18.6. The molecular weight excluding hydrogens is 375 g/mol. The summed E-state index contributed by atoms with van der Waals surface area (Å²) in [6.07, 6.45) is 0. The summed E-state index contributed by atoms with van der Waals surface area (Å²) in [6, 6.07) is 26.4. The zero-order valence-electron chi connectivity index (χ0n) is 14.6. The monoisotopic (exact) mass is 392 g/mol. The van der Waals surface area contributed by atoms with Crippen molar-refractivity contribution in [3.8, 4) is 33.9 Å². The van der Waals surface area contributed by atoms with Crippen LogP contribution in [0.1, 0.15) is 11.1 Å². The van der Waals surface area contributed by atoms with Gasteiger partial charge in [-0.1, -0.05) is 78.9 Å². The summed E-state index contributed by atoms with van der Waals surface area (Å²) >= 11 is 12.4. The van der Waals surface area contributed by atoms with Crippen LogP contribution in [0.25, 0.3) is 33.9 Å². The van der Waals surface area contributed by atoms with E-state index in [1.165, 1.54) is 0 Å². The van der Waals surface area contributed by atoms with E-state index in [0.717, 1.165) is 45.0 Å². The molecule has 3 aromatic carbocycles. The number of hydrogen-bond donors (Lipinski definition) is 1. The van der Waals surface area contributed by atoms with E-state index >= 15 is 0 Å². The normalized spacial score (nSPS) is 10.9. The topological polar surface area (TPSA) is 28.7 Å². The van der Waals surface area contributed by atoms with Crippen LogP contribution in [0.15, 0.2) is 78.9 Å². The predicted molar refractivity (Wildman–Crippen MR) is 114 cm³/mol. The van der Waals surface area contributed by atoms with Gasteiger partial charge in [0.25, 0.3) is 0 Å². The van der Waals surface area contributed by atoms with Crippen LogP contribution in [0.5, 0.6) is 0 Å². The Morgan fingerprint density at radius 2 is 1.22 bits per heavy atom. The molecule has 0 aliphatic rings. The van der Waals surface area contributed by atoms with Crippen LogP contribution in [0, 0.1) is 0 Å². The third-order valence-corrected chi connectivity index (χ3v) is 5.17. The van der Waals surface area contributed by atoms with Gasteiger partial charge in [-0.05, 0) is 11.1 Å². The van der Waals surface area contributed by atoms with Gasteiger partial charge in [-0.15, -0.1) is 23.2 Å². The minimum absolute atomic E-state index is 0.431. The van der Waals surface area contributed by atoms with Crippen molar-refractivity contribution in [1.29, 1.82) is 0 Å². The second-order valence-corrected chi connectivity index (χ2v) is 6.79. The number of aromatic nitrogens is 2. The number of rotatable bonds is 5. The highest BCUT2D eigenvalue weighted by atomic mass is 35.5. The number of imidazole rings is 1. The molecule has 27 heavy (non-hydrogen) atoms. The van der Waals surface area contributed by atoms with Gasteiger partial charge in [0, 0.05) is 28.5 Å². The molecule has 1 heterocycles. The van der Waals surface area contributed by atoms with E-state index < -0.39 is 0 Å². The summed E-state index contributed by atoms with van der Waals surface area (Å²) in [5.74, 6) is 1.70. The quantitative estimate of drug-likeness (QED) is 0.368. The first-order valence-corrected chi connectivity index (χ1v) is 9.82. The molecule has 4 heteroatoms. The van der Waals surface area contributed by atoms with Crippen LogP contribution in [-0.4, -0.2) is 9.97 Å². The van der Waals surface area contributed by atoms with E-state index in [1.807, 2.05) is 66.7 Å². The molecule has 0 amide bonds. The summed E-state index contributed by atoms with van der Waals surface area (Å²) < 4.78 is 0. The van der Waals surface area contributed by atoms with Crippen molar-refractivity contribution in [2.75, 3.05) is 0 Å². The Balaban J connectivity index is 1.98. The highest BCUT2D eigenvalue weighted by Crippen LogP contribution is 2.36. The highest BCUT2D eigenvalue weighted by molar-refractivity contribution is 6.18. The fourth-order valence-electron chi connectivity index (χ4n) is 3.24. The first kappa shape index (κ1) is 17.8. The van der Waals surface area contributed by atoms with Crippen LogP contribution in [0.3, 0.4) is 0 Å². The average Bonchev–Trinajstić information content (AvgIpc) is 3.19. The van der Waals surface area contributed by atoms with Crippen LogP contribution in [0.4, 0.5) is 0 Å². The molecule has 1 aromatic heterocycles. The van der Waals surface area contributed by atoms with Crippen molar-refractivity contribution in [3.05, 3.63) is 90.0 Å². The van der Waals surface area contributed by atoms with E-state index in [-0.39, 0.29) is 0 Å². The second-order valence-electron chi connectivity index (χ2n) is 6.26. The summed E-state index contributed by atoms with van der Waals surface area (Å²) in [5, 5.41) is 0. The van der Waals surface area contributed by atoms with E-state index in [9.17, 15) is 0 Å². The molecule has 134 valence electrons. The Kier molecular flexibility index (Phi) is 5.28. The van der Waals surface area contributed by atoms with Crippen molar-refractivity contribution in [3.63, 3.8) is 0 Å². The van der Waals surface area contributed by atoms with Gasteiger partial charge in [0.1, 0.15) is 5.82 Å². The molecular formula is C23H18Cl2N2. The summed E-state index contributed by atoms with van der Waals surface area (Å²) in [6.45, 7) is 0. The minimum atomic E-state index is 0.431. The molecule has 4 rings (SSSR count). The van der Waals surface area contributed by atoms with Gasteiger partial charge >= 0.3 is 0 Å². The van der Waals surface area contributed by atoms with Crippen molar-refractivity contribution >= 4 is 23.2 Å². The molecule has 0 fully saturated rings. The van der Waals surface area contributed by atoms with Crippen molar-refractivity contribution in [2.45, 2.75) is 11.8 Å². The van der Waals surface area contributed by atoms with Gasteiger partial charge in [-0.25, -0.2) is 4.98 Å². The molecule has 0 bridgehead atoms. The fraction of sp³-hybridized carbons (Fsp3) is 0.0870. The number of aromatic amines is 1. The van der Waals surface area contributed by atoms with Gasteiger partial charge in [0.05, 0.1) is 11.4 Å². The number of nitrogens with one attached hydrogen (secondary N) is 1. The van der Waals surface area contributed by atoms with Crippen LogP contribution >= 0.6 is 23.2 Å². The Bertz CT molecular complexity index is 990. The maximum atomic E-state index is 6.21. The van der Waals surface area contributed by atoms with Crippen LogP contribution in [-0.2, 0) is 11.8 Å². The number of nitrogens with zero attached hydrogens (tertiary/aromatic N) is 1. The molecule has 1 N–H and O–H groups in total. The lowest BCUT2D eigenvalue weighted by Crippen LogP contribution is -1.91. The lowest BCUT2D eigenvalue weighted by molar-refractivity contribution is 1.30. The molecule has 0 radical (unpaired) electrons. The fourth-order valence-corrected chi connectivity index (χ4v) is 3.71. The summed E-state index contributed by atoms with van der Waals surface area (Å²) in [4.78, 5) is 8.48. The smallest absolute Gasteiger partial charge is 0.138 e. The van der Waals surface area contributed by atoms with E-state index in [4.69, 9.17) is 28.2 Å². The van der Waals surface area contributed by atoms with Gasteiger partial charge in [0.2, 0.25) is 0 Å². The number of halogens is 2. The third kappa shape index (κ3) is 3.51. The molecule has 0 unspecified atom stereocenters. The summed E-state index contributed by atoms with van der Waals surface area (Å²) in [7, 11) is 0. The first-order valence-electron chi connectivity index (χ1n) is 8.75. The highest BCUT2D eigenvalue weighted by Gasteiger charge is 2.19. The van der Waals surface area contributed by atoms with Crippen molar-refractivity contribution in [2.24, 2.45) is 0 Å². The van der Waals surface area contributed by atoms with Crippen molar-refractivity contribution < 1.29 is 0 Å². The van der Waals surface area contributed by atoms with E-state index in [2.05, 4.69) is 17.1 Å². The lowest BCUT2D eigenvalue weighted by Gasteiger charge is -2.10. The lowest BCUT2D eigenvalue weighted by atomic mass is 9.98. The van der Waals surface area contributed by atoms with Crippen molar-refractivity contribution in [1.82, 2.24) is 9.97 Å². The summed E-state index contributed by atoms with van der Waals surface area (Å²) in [5.41, 5.74) is 7.09. The third-order valence-electron chi connectivity index (χ3n) is 4.60. The van der Waals surface area contributed by atoms with Gasteiger partial charge in [-0.3, -0.25) is 0 Å². The molecule has 0 saturated carbocycles. The molecule has 0 aliphatic carbocycles.